The third kappa shape index (κ3) is 9.55. The van der Waals surface area contributed by atoms with Crippen molar-refractivity contribution in [3.8, 4) is 0 Å². The Morgan fingerprint density at radius 1 is 0.973 bits per heavy atom. The largest absolute Gasteiger partial charge is 0.461 e. The van der Waals surface area contributed by atoms with Crippen LogP contribution in [0, 0.1) is 0 Å². The molecule has 1 atom stereocenters. The van der Waals surface area contributed by atoms with E-state index in [4.69, 9.17) is 4.74 Å². The number of ether oxygens (including phenoxy) is 1. The van der Waals surface area contributed by atoms with Gasteiger partial charge in [0.15, 0.2) is 0 Å². The summed E-state index contributed by atoms with van der Waals surface area (Å²) in [5.41, 5.74) is 1.96. The average molecular weight is 529 g/mol. The van der Waals surface area contributed by atoms with Gasteiger partial charge in [-0.2, -0.15) is 17.4 Å². The average Bonchev–Trinajstić information content (AvgIpc) is 2.89. The molecule has 1 aliphatic rings. The van der Waals surface area contributed by atoms with Gasteiger partial charge in [-0.1, -0.05) is 67.6 Å². The molecule has 0 unspecified atom stereocenters. The third-order valence-electron chi connectivity index (χ3n) is 7.28. The number of hydrogen-bond donors (Lipinski definition) is 1. The van der Waals surface area contributed by atoms with Crippen molar-refractivity contribution in [3.63, 3.8) is 0 Å². The Hall–Kier alpha value is -2.22. The van der Waals surface area contributed by atoms with Crippen molar-refractivity contribution in [3.05, 3.63) is 71.8 Å². The quantitative estimate of drug-likeness (QED) is 0.314. The summed E-state index contributed by atoms with van der Waals surface area (Å²) in [5.74, 6) is -0.413. The van der Waals surface area contributed by atoms with Crippen molar-refractivity contribution >= 4 is 16.2 Å². The van der Waals surface area contributed by atoms with Crippen LogP contribution in [0.5, 0.6) is 0 Å². The first-order chi connectivity index (χ1) is 17.7. The van der Waals surface area contributed by atoms with Crippen LogP contribution in [0.3, 0.4) is 0 Å². The summed E-state index contributed by atoms with van der Waals surface area (Å²) in [6.45, 7) is 6.00. The van der Waals surface area contributed by atoms with Gasteiger partial charge in [-0.05, 0) is 89.2 Å². The zero-order valence-electron chi connectivity index (χ0n) is 22.7. The molecule has 0 saturated carbocycles. The van der Waals surface area contributed by atoms with Gasteiger partial charge in [0, 0.05) is 12.1 Å². The Kier molecular flexibility index (Phi) is 11.2. The van der Waals surface area contributed by atoms with Crippen LogP contribution >= 0.6 is 0 Å². The molecule has 204 valence electrons. The standard InChI is InChI=1S/C30H44N2O4S/c1-4-30(2,3)31-37(34,35)32-24-12-11-23-28(32)29(33)36-27(21-13-19-25-15-7-5-8-16-25)22-14-20-26-17-9-6-10-18-26/h5-10,15-18,27-28,31H,4,11-14,19-24H2,1-3H3/t28-/m0/s1. The van der Waals surface area contributed by atoms with Crippen molar-refractivity contribution in [2.75, 3.05) is 6.54 Å². The number of rotatable bonds is 14. The summed E-state index contributed by atoms with van der Waals surface area (Å²) in [6.07, 6.45) is 7.66. The minimum absolute atomic E-state index is 0.230. The van der Waals surface area contributed by atoms with Crippen LogP contribution in [0.25, 0.3) is 0 Å². The van der Waals surface area contributed by atoms with Crippen LogP contribution < -0.4 is 4.72 Å². The summed E-state index contributed by atoms with van der Waals surface area (Å²) < 4.78 is 36.6. The fourth-order valence-corrected chi connectivity index (χ4v) is 6.63. The molecule has 37 heavy (non-hydrogen) atoms. The molecular weight excluding hydrogens is 484 g/mol. The molecule has 6 nitrogen and oxygen atoms in total. The van der Waals surface area contributed by atoms with E-state index in [0.717, 1.165) is 51.4 Å². The number of esters is 1. The maximum absolute atomic E-state index is 13.4. The van der Waals surface area contributed by atoms with Crippen LogP contribution in [0.1, 0.15) is 83.3 Å². The van der Waals surface area contributed by atoms with Gasteiger partial charge >= 0.3 is 5.97 Å². The number of benzene rings is 2. The molecule has 0 bridgehead atoms. The van der Waals surface area contributed by atoms with Crippen LogP contribution in [-0.2, 0) is 32.6 Å². The van der Waals surface area contributed by atoms with E-state index in [1.54, 1.807) is 0 Å². The first-order valence-corrected chi connectivity index (χ1v) is 15.2. The molecule has 0 aromatic heterocycles. The van der Waals surface area contributed by atoms with E-state index in [1.165, 1.54) is 15.4 Å². The molecule has 1 N–H and O–H groups in total. The molecule has 3 rings (SSSR count). The van der Waals surface area contributed by atoms with Gasteiger partial charge < -0.3 is 4.74 Å². The zero-order valence-corrected chi connectivity index (χ0v) is 23.5. The Balaban J connectivity index is 1.65. The van der Waals surface area contributed by atoms with E-state index in [0.29, 0.717) is 19.4 Å². The van der Waals surface area contributed by atoms with Crippen LogP contribution in [0.2, 0.25) is 0 Å². The highest BCUT2D eigenvalue weighted by Crippen LogP contribution is 2.25. The van der Waals surface area contributed by atoms with Crippen LogP contribution in [0.15, 0.2) is 60.7 Å². The number of piperidine rings is 1. The van der Waals surface area contributed by atoms with E-state index in [9.17, 15) is 13.2 Å². The minimum Gasteiger partial charge on any atom is -0.461 e. The maximum atomic E-state index is 13.4. The first-order valence-electron chi connectivity index (χ1n) is 13.8. The van der Waals surface area contributed by atoms with Gasteiger partial charge in [-0.25, -0.2) is 0 Å². The Bertz CT molecular complexity index is 1010. The van der Waals surface area contributed by atoms with Gasteiger partial charge in [-0.15, -0.1) is 0 Å². The molecule has 1 fully saturated rings. The van der Waals surface area contributed by atoms with E-state index < -0.39 is 27.8 Å². The lowest BCUT2D eigenvalue weighted by atomic mass is 10.0. The Morgan fingerprint density at radius 2 is 1.51 bits per heavy atom. The van der Waals surface area contributed by atoms with Crippen molar-refractivity contribution < 1.29 is 17.9 Å². The number of aryl methyl sites for hydroxylation is 2. The second kappa shape index (κ2) is 14.1. The Labute approximate surface area is 224 Å². The van der Waals surface area contributed by atoms with Crippen molar-refractivity contribution in [2.45, 2.75) is 103 Å². The van der Waals surface area contributed by atoms with E-state index in [-0.39, 0.29) is 6.10 Å². The van der Waals surface area contributed by atoms with Crippen molar-refractivity contribution in [2.24, 2.45) is 0 Å². The molecule has 1 aliphatic heterocycles. The lowest BCUT2D eigenvalue weighted by molar-refractivity contribution is -0.155. The third-order valence-corrected chi connectivity index (χ3v) is 9.14. The molecule has 0 radical (unpaired) electrons. The van der Waals surface area contributed by atoms with Gasteiger partial charge in [0.2, 0.25) is 0 Å². The van der Waals surface area contributed by atoms with Crippen molar-refractivity contribution in [1.82, 2.24) is 9.03 Å². The minimum atomic E-state index is -3.81. The molecule has 0 aliphatic carbocycles. The van der Waals surface area contributed by atoms with Gasteiger partial charge in [0.1, 0.15) is 12.1 Å². The van der Waals surface area contributed by atoms with Crippen LogP contribution in [0.4, 0.5) is 0 Å². The second-order valence-electron chi connectivity index (χ2n) is 10.8. The molecular formula is C30H44N2O4S. The highest BCUT2D eigenvalue weighted by molar-refractivity contribution is 7.87. The van der Waals surface area contributed by atoms with Gasteiger partial charge in [-0.3, -0.25) is 4.79 Å². The monoisotopic (exact) mass is 528 g/mol. The van der Waals surface area contributed by atoms with E-state index in [2.05, 4.69) is 29.0 Å². The number of nitrogens with zero attached hydrogens (tertiary/aromatic N) is 1. The normalized spacial score (nSPS) is 17.1. The number of carbonyl (C=O) groups excluding carboxylic acids is 1. The first kappa shape index (κ1) is 29.3. The molecule has 0 amide bonds. The summed E-state index contributed by atoms with van der Waals surface area (Å²) >= 11 is 0. The number of hydrogen-bond acceptors (Lipinski definition) is 4. The maximum Gasteiger partial charge on any atom is 0.324 e. The number of carbonyl (C=O) groups is 1. The SMILES string of the molecule is CCC(C)(C)NS(=O)(=O)N1CCCC[C@H]1C(=O)OC(CCCc1ccccc1)CCCc1ccccc1. The van der Waals surface area contributed by atoms with Crippen molar-refractivity contribution in [1.29, 1.82) is 0 Å². The molecule has 1 heterocycles. The fraction of sp³-hybridized carbons (Fsp3) is 0.567. The smallest absolute Gasteiger partial charge is 0.324 e. The predicted molar refractivity (Wildman–Crippen MR) is 149 cm³/mol. The zero-order chi connectivity index (χ0) is 26.7. The number of nitrogens with one attached hydrogen (secondary N) is 1. The van der Waals surface area contributed by atoms with Gasteiger partial charge in [0.25, 0.3) is 10.2 Å². The fourth-order valence-electron chi connectivity index (χ4n) is 4.77. The highest BCUT2D eigenvalue weighted by atomic mass is 32.2. The molecule has 1 saturated heterocycles. The lowest BCUT2D eigenvalue weighted by Crippen LogP contribution is -2.56. The second-order valence-corrected chi connectivity index (χ2v) is 12.4. The lowest BCUT2D eigenvalue weighted by Gasteiger charge is -2.36. The highest BCUT2D eigenvalue weighted by Gasteiger charge is 2.40. The summed E-state index contributed by atoms with van der Waals surface area (Å²) in [5, 5.41) is 0. The molecule has 7 heteroatoms. The van der Waals surface area contributed by atoms with Crippen LogP contribution in [-0.4, -0.2) is 42.9 Å². The summed E-state index contributed by atoms with van der Waals surface area (Å²) in [6, 6.07) is 19.9. The topological polar surface area (TPSA) is 75.7 Å². The van der Waals surface area contributed by atoms with E-state index in [1.807, 2.05) is 57.2 Å². The van der Waals surface area contributed by atoms with Gasteiger partial charge in [0.05, 0.1) is 0 Å². The Morgan fingerprint density at radius 3 is 2.03 bits per heavy atom. The van der Waals surface area contributed by atoms with E-state index >= 15 is 0 Å². The molecule has 2 aromatic rings. The summed E-state index contributed by atoms with van der Waals surface area (Å²) in [4.78, 5) is 13.4. The molecule has 0 spiro atoms. The molecule has 2 aromatic carbocycles. The predicted octanol–water partition coefficient (Wildman–Crippen LogP) is 5.82. The summed E-state index contributed by atoms with van der Waals surface area (Å²) in [7, 11) is -3.81.